The summed E-state index contributed by atoms with van der Waals surface area (Å²) in [6.45, 7) is 3.00. The van der Waals surface area contributed by atoms with Crippen molar-refractivity contribution in [1.29, 1.82) is 0 Å². The maximum Gasteiger partial charge on any atom is 0.253 e. The molecular weight excluding hydrogens is 407 g/mol. The average molecular weight is 439 g/mol. The number of carbonyl (C=O) groups is 2. The van der Waals surface area contributed by atoms with E-state index in [1.807, 2.05) is 35.2 Å². The number of hydrogen-bond donors (Lipinski definition) is 0. The van der Waals surface area contributed by atoms with Gasteiger partial charge >= 0.3 is 0 Å². The van der Waals surface area contributed by atoms with Crippen LogP contribution in [0.2, 0.25) is 0 Å². The van der Waals surface area contributed by atoms with Crippen LogP contribution in [0.1, 0.15) is 48.9 Å². The van der Waals surface area contributed by atoms with Gasteiger partial charge in [0.25, 0.3) is 5.91 Å². The van der Waals surface area contributed by atoms with Crippen molar-refractivity contribution in [3.05, 3.63) is 66.0 Å². The summed E-state index contributed by atoms with van der Waals surface area (Å²) in [5.41, 5.74) is -0.127. The second-order valence-corrected chi connectivity index (χ2v) is 9.06. The standard InChI is InChI=1S/C26H31FN2O3/c27-22-10-7-9-21(17-22)25(31)29-16-8-13-26(19-29,20-32-23-11-3-1-4-12-23)18-24(30)28-14-5-2-6-15-28/h1,3-4,7,9-12,17H,2,5-6,8,13-16,18-20H2/t26-/m1/s1. The zero-order chi connectivity index (χ0) is 22.4. The summed E-state index contributed by atoms with van der Waals surface area (Å²) in [5.74, 6) is 0.276. The minimum atomic E-state index is -0.467. The number of amides is 2. The Morgan fingerprint density at radius 2 is 1.66 bits per heavy atom. The Morgan fingerprint density at radius 1 is 0.906 bits per heavy atom. The summed E-state index contributed by atoms with van der Waals surface area (Å²) in [7, 11) is 0. The molecule has 1 atom stereocenters. The van der Waals surface area contributed by atoms with Gasteiger partial charge in [-0.1, -0.05) is 24.3 Å². The lowest BCUT2D eigenvalue weighted by Crippen LogP contribution is -2.51. The highest BCUT2D eigenvalue weighted by Gasteiger charge is 2.41. The lowest BCUT2D eigenvalue weighted by atomic mass is 9.77. The third-order valence-corrected chi connectivity index (χ3v) is 6.54. The molecule has 5 nitrogen and oxygen atoms in total. The van der Waals surface area contributed by atoms with E-state index in [0.717, 1.165) is 44.5 Å². The van der Waals surface area contributed by atoms with E-state index in [1.165, 1.54) is 18.6 Å². The molecule has 6 heteroatoms. The van der Waals surface area contributed by atoms with Crippen LogP contribution in [0.3, 0.4) is 0 Å². The first-order chi connectivity index (χ1) is 15.5. The molecule has 2 aliphatic rings. The van der Waals surface area contributed by atoms with Crippen molar-refractivity contribution < 1.29 is 18.7 Å². The van der Waals surface area contributed by atoms with Gasteiger partial charge < -0.3 is 14.5 Å². The second kappa shape index (κ2) is 10.2. The summed E-state index contributed by atoms with van der Waals surface area (Å²) >= 11 is 0. The average Bonchev–Trinajstić information content (AvgIpc) is 2.84. The molecule has 2 aliphatic heterocycles. The van der Waals surface area contributed by atoms with E-state index >= 15 is 0 Å². The van der Waals surface area contributed by atoms with Gasteiger partial charge in [-0.2, -0.15) is 0 Å². The number of para-hydroxylation sites is 1. The van der Waals surface area contributed by atoms with Crippen LogP contribution in [-0.4, -0.2) is 54.4 Å². The quantitative estimate of drug-likeness (QED) is 0.666. The first kappa shape index (κ1) is 22.3. The van der Waals surface area contributed by atoms with Crippen molar-refractivity contribution in [2.75, 3.05) is 32.8 Å². The molecule has 2 aromatic carbocycles. The maximum atomic E-state index is 13.7. The predicted molar refractivity (Wildman–Crippen MR) is 121 cm³/mol. The van der Waals surface area contributed by atoms with Gasteiger partial charge in [0.05, 0.1) is 6.61 Å². The molecule has 32 heavy (non-hydrogen) atoms. The molecule has 2 saturated heterocycles. The number of carbonyl (C=O) groups excluding carboxylic acids is 2. The molecule has 2 fully saturated rings. The first-order valence-corrected chi connectivity index (χ1v) is 11.6. The fraction of sp³-hybridized carbons (Fsp3) is 0.462. The molecule has 0 spiro atoms. The zero-order valence-electron chi connectivity index (χ0n) is 18.5. The van der Waals surface area contributed by atoms with E-state index in [2.05, 4.69) is 0 Å². The van der Waals surface area contributed by atoms with Crippen molar-refractivity contribution in [3.63, 3.8) is 0 Å². The van der Waals surface area contributed by atoms with Crippen molar-refractivity contribution >= 4 is 11.8 Å². The highest BCUT2D eigenvalue weighted by atomic mass is 19.1. The largest absolute Gasteiger partial charge is 0.493 e. The van der Waals surface area contributed by atoms with Crippen LogP contribution in [-0.2, 0) is 4.79 Å². The van der Waals surface area contributed by atoms with Gasteiger partial charge in [0.15, 0.2) is 0 Å². The Balaban J connectivity index is 1.52. The minimum absolute atomic E-state index is 0.140. The monoisotopic (exact) mass is 438 g/mol. The third kappa shape index (κ3) is 5.47. The number of piperidine rings is 2. The molecule has 2 aromatic rings. The van der Waals surface area contributed by atoms with Crippen LogP contribution >= 0.6 is 0 Å². The molecule has 0 unspecified atom stereocenters. The lowest BCUT2D eigenvalue weighted by Gasteiger charge is -2.43. The van der Waals surface area contributed by atoms with E-state index in [0.29, 0.717) is 31.7 Å². The lowest BCUT2D eigenvalue weighted by molar-refractivity contribution is -0.136. The number of nitrogens with zero attached hydrogens (tertiary/aromatic N) is 2. The molecule has 0 aliphatic carbocycles. The van der Waals surface area contributed by atoms with Crippen LogP contribution in [0.15, 0.2) is 54.6 Å². The molecule has 2 heterocycles. The topological polar surface area (TPSA) is 49.9 Å². The number of benzene rings is 2. The van der Waals surface area contributed by atoms with E-state index in [9.17, 15) is 14.0 Å². The first-order valence-electron chi connectivity index (χ1n) is 11.6. The predicted octanol–water partition coefficient (Wildman–Crippen LogP) is 4.53. The molecule has 170 valence electrons. The van der Waals surface area contributed by atoms with Gasteiger partial charge in [-0.05, 0) is 62.4 Å². The number of hydrogen-bond acceptors (Lipinski definition) is 3. The Kier molecular flexibility index (Phi) is 7.08. The smallest absolute Gasteiger partial charge is 0.253 e. The fourth-order valence-electron chi connectivity index (χ4n) is 4.83. The summed E-state index contributed by atoms with van der Waals surface area (Å²) in [6.07, 6.45) is 5.21. The summed E-state index contributed by atoms with van der Waals surface area (Å²) < 4.78 is 19.8. The van der Waals surface area contributed by atoms with E-state index in [-0.39, 0.29) is 11.8 Å². The third-order valence-electron chi connectivity index (χ3n) is 6.54. The number of halogens is 1. The normalized spacial score (nSPS) is 21.3. The van der Waals surface area contributed by atoms with Gasteiger partial charge in [-0.25, -0.2) is 4.39 Å². The van der Waals surface area contributed by atoms with Gasteiger partial charge in [0, 0.05) is 43.6 Å². The molecule has 0 bridgehead atoms. The summed E-state index contributed by atoms with van der Waals surface area (Å²) in [5, 5.41) is 0. The fourth-order valence-corrected chi connectivity index (χ4v) is 4.83. The number of ether oxygens (including phenoxy) is 1. The number of likely N-dealkylation sites (tertiary alicyclic amines) is 2. The summed E-state index contributed by atoms with van der Waals surface area (Å²) in [6, 6.07) is 15.4. The van der Waals surface area contributed by atoms with Crippen LogP contribution in [0, 0.1) is 11.2 Å². The number of rotatable bonds is 6. The van der Waals surface area contributed by atoms with Gasteiger partial charge in [0.1, 0.15) is 11.6 Å². The van der Waals surface area contributed by atoms with Gasteiger partial charge in [-0.15, -0.1) is 0 Å². The molecular formula is C26H31FN2O3. The van der Waals surface area contributed by atoms with Crippen molar-refractivity contribution in [2.24, 2.45) is 5.41 Å². The van der Waals surface area contributed by atoms with Crippen LogP contribution in [0.25, 0.3) is 0 Å². The summed E-state index contributed by atoms with van der Waals surface area (Å²) in [4.78, 5) is 30.0. The van der Waals surface area contributed by atoms with E-state index in [4.69, 9.17) is 4.74 Å². The molecule has 2 amide bonds. The minimum Gasteiger partial charge on any atom is -0.493 e. The van der Waals surface area contributed by atoms with E-state index in [1.54, 1.807) is 17.0 Å². The SMILES string of the molecule is O=C(C[C@]1(COc2ccccc2)CCCN(C(=O)c2cccc(F)c2)C1)N1CCCCC1. The molecule has 4 rings (SSSR count). The molecule has 0 saturated carbocycles. The Hall–Kier alpha value is -2.89. The maximum absolute atomic E-state index is 13.7. The van der Waals surface area contributed by atoms with Gasteiger partial charge in [-0.3, -0.25) is 9.59 Å². The Bertz CT molecular complexity index is 930. The van der Waals surface area contributed by atoms with Crippen molar-refractivity contribution in [1.82, 2.24) is 9.80 Å². The van der Waals surface area contributed by atoms with Crippen LogP contribution < -0.4 is 4.74 Å². The Labute approximate surface area is 189 Å². The van der Waals surface area contributed by atoms with Gasteiger partial charge in [0.2, 0.25) is 5.91 Å². The van der Waals surface area contributed by atoms with E-state index < -0.39 is 11.2 Å². The molecule has 0 aromatic heterocycles. The van der Waals surface area contributed by atoms with Crippen molar-refractivity contribution in [2.45, 2.75) is 38.5 Å². The zero-order valence-corrected chi connectivity index (χ0v) is 18.5. The Morgan fingerprint density at radius 3 is 2.41 bits per heavy atom. The van der Waals surface area contributed by atoms with Crippen LogP contribution in [0.4, 0.5) is 4.39 Å². The highest BCUT2D eigenvalue weighted by Crippen LogP contribution is 2.36. The van der Waals surface area contributed by atoms with Crippen LogP contribution in [0.5, 0.6) is 5.75 Å². The molecule has 0 radical (unpaired) electrons. The highest BCUT2D eigenvalue weighted by molar-refractivity contribution is 5.94. The second-order valence-electron chi connectivity index (χ2n) is 9.06. The van der Waals surface area contributed by atoms with Crippen molar-refractivity contribution in [3.8, 4) is 5.75 Å². The molecule has 0 N–H and O–H groups in total.